The van der Waals surface area contributed by atoms with Crippen molar-refractivity contribution in [2.45, 2.75) is 201 Å². The minimum absolute atomic E-state index is 0.179. The number of hydroxylamine groups is 2. The first-order valence-corrected chi connectivity index (χ1v) is 16.0. The van der Waals surface area contributed by atoms with Gasteiger partial charge >= 0.3 is 5.97 Å². The Bertz CT molecular complexity index is 407. The van der Waals surface area contributed by atoms with Crippen LogP contribution in [0.5, 0.6) is 0 Å². The first kappa shape index (κ1) is 34.4. The highest BCUT2D eigenvalue weighted by Gasteiger charge is 2.22. The second-order valence-corrected chi connectivity index (χ2v) is 11.3. The predicted octanol–water partition coefficient (Wildman–Crippen LogP) is 10.9. The zero-order valence-electron chi connectivity index (χ0n) is 24.9. The molecule has 0 N–H and O–H groups in total. The minimum atomic E-state index is -0.179. The van der Waals surface area contributed by atoms with E-state index in [9.17, 15) is 4.79 Å². The highest BCUT2D eigenvalue weighted by Crippen LogP contribution is 2.20. The van der Waals surface area contributed by atoms with Gasteiger partial charge in [-0.15, -0.1) is 5.06 Å². The van der Waals surface area contributed by atoms with E-state index in [0.717, 1.165) is 12.8 Å². The Balaban J connectivity index is 3.87. The summed E-state index contributed by atoms with van der Waals surface area (Å²) in [5.41, 5.74) is 0. The van der Waals surface area contributed by atoms with Gasteiger partial charge in [0.25, 0.3) is 0 Å². The number of nitrogens with zero attached hydrogens (tertiary/aromatic N) is 1. The van der Waals surface area contributed by atoms with Gasteiger partial charge in [0.15, 0.2) is 0 Å². The standard InChI is InChI=1S/C32H65NO2/c1-6-8-10-12-14-16-18-20-22-24-26-28-30(3)33(35-32(5)34)31(4)29-27-25-23-21-19-17-15-13-11-9-7-2/h30-31H,6-29H2,1-5H3. The van der Waals surface area contributed by atoms with Crippen molar-refractivity contribution in [1.82, 2.24) is 5.06 Å². The smallest absolute Gasteiger partial charge is 0.322 e. The number of unbranched alkanes of at least 4 members (excludes halogenated alkanes) is 20. The van der Waals surface area contributed by atoms with Gasteiger partial charge in [-0.25, -0.2) is 0 Å². The summed E-state index contributed by atoms with van der Waals surface area (Å²) in [5, 5.41) is 2.01. The van der Waals surface area contributed by atoms with E-state index in [2.05, 4.69) is 27.7 Å². The molecule has 0 spiro atoms. The second-order valence-electron chi connectivity index (χ2n) is 11.3. The fourth-order valence-electron chi connectivity index (χ4n) is 5.23. The first-order chi connectivity index (χ1) is 17.0. The Morgan fingerprint density at radius 3 is 1.03 bits per heavy atom. The molecule has 0 aromatic rings. The number of rotatable bonds is 27. The Morgan fingerprint density at radius 2 is 0.771 bits per heavy atom. The topological polar surface area (TPSA) is 29.5 Å². The van der Waals surface area contributed by atoms with Crippen molar-refractivity contribution < 1.29 is 9.63 Å². The SMILES string of the molecule is CCCCCCCCCCCCCC(C)N(OC(C)=O)C(C)CCCCCCCCCCCCC. The fourth-order valence-corrected chi connectivity index (χ4v) is 5.23. The first-order valence-electron chi connectivity index (χ1n) is 16.0. The number of carbonyl (C=O) groups excluding carboxylic acids is 1. The number of hydrogen-bond acceptors (Lipinski definition) is 3. The summed E-state index contributed by atoms with van der Waals surface area (Å²) in [6, 6.07) is 0.611. The summed E-state index contributed by atoms with van der Waals surface area (Å²) >= 11 is 0. The van der Waals surface area contributed by atoms with Crippen LogP contribution in [0, 0.1) is 0 Å². The molecular formula is C32H65NO2. The van der Waals surface area contributed by atoms with E-state index < -0.39 is 0 Å². The van der Waals surface area contributed by atoms with Gasteiger partial charge in [0, 0.05) is 19.0 Å². The zero-order chi connectivity index (χ0) is 26.0. The molecule has 0 heterocycles. The highest BCUT2D eigenvalue weighted by atomic mass is 16.7. The molecule has 0 radical (unpaired) electrons. The maximum Gasteiger partial charge on any atom is 0.322 e. The Kier molecular flexibility index (Phi) is 26.1. The molecule has 0 aromatic heterocycles. The molecule has 0 aromatic carbocycles. The zero-order valence-corrected chi connectivity index (χ0v) is 24.9. The van der Waals surface area contributed by atoms with Crippen LogP contribution in [0.15, 0.2) is 0 Å². The van der Waals surface area contributed by atoms with Gasteiger partial charge in [0.05, 0.1) is 0 Å². The van der Waals surface area contributed by atoms with E-state index in [1.165, 1.54) is 148 Å². The van der Waals surface area contributed by atoms with Crippen LogP contribution < -0.4 is 0 Å². The van der Waals surface area contributed by atoms with Gasteiger partial charge in [0.2, 0.25) is 0 Å². The third-order valence-electron chi connectivity index (χ3n) is 7.55. The van der Waals surface area contributed by atoms with Gasteiger partial charge < -0.3 is 4.84 Å². The van der Waals surface area contributed by atoms with Crippen LogP contribution >= 0.6 is 0 Å². The van der Waals surface area contributed by atoms with Crippen molar-refractivity contribution in [3.05, 3.63) is 0 Å². The molecule has 0 rings (SSSR count). The third kappa shape index (κ3) is 23.6. The van der Waals surface area contributed by atoms with Crippen LogP contribution in [0.4, 0.5) is 0 Å². The Morgan fingerprint density at radius 1 is 0.514 bits per heavy atom. The van der Waals surface area contributed by atoms with Crippen LogP contribution in [-0.4, -0.2) is 23.1 Å². The van der Waals surface area contributed by atoms with Crippen LogP contribution in [0.2, 0.25) is 0 Å². The van der Waals surface area contributed by atoms with E-state index in [1.807, 2.05) is 5.06 Å². The van der Waals surface area contributed by atoms with Crippen molar-refractivity contribution >= 4 is 5.97 Å². The molecule has 0 fully saturated rings. The average molecular weight is 496 g/mol. The third-order valence-corrected chi connectivity index (χ3v) is 7.55. The molecule has 210 valence electrons. The molecule has 0 aliphatic carbocycles. The maximum atomic E-state index is 11.7. The van der Waals surface area contributed by atoms with Crippen LogP contribution in [0.25, 0.3) is 0 Å². The largest absolute Gasteiger partial charge is 0.368 e. The van der Waals surface area contributed by atoms with Gasteiger partial charge in [-0.1, -0.05) is 155 Å². The van der Waals surface area contributed by atoms with Gasteiger partial charge in [-0.2, -0.15) is 0 Å². The molecule has 3 nitrogen and oxygen atoms in total. The van der Waals surface area contributed by atoms with Gasteiger partial charge in [0.1, 0.15) is 0 Å². The van der Waals surface area contributed by atoms with E-state index in [1.54, 1.807) is 0 Å². The molecule has 0 saturated heterocycles. The Hall–Kier alpha value is -0.570. The summed E-state index contributed by atoms with van der Waals surface area (Å²) in [6.45, 7) is 10.6. The van der Waals surface area contributed by atoms with E-state index in [-0.39, 0.29) is 5.97 Å². The molecule has 0 aliphatic rings. The van der Waals surface area contributed by atoms with Gasteiger partial charge in [-0.05, 0) is 26.7 Å². The molecule has 0 aliphatic heterocycles. The quantitative estimate of drug-likeness (QED) is 0.0838. The predicted molar refractivity (Wildman–Crippen MR) is 155 cm³/mol. The molecular weight excluding hydrogens is 430 g/mol. The molecule has 2 atom stereocenters. The average Bonchev–Trinajstić information content (AvgIpc) is 2.84. The molecule has 0 amide bonds. The molecule has 0 bridgehead atoms. The second kappa shape index (κ2) is 26.5. The van der Waals surface area contributed by atoms with Crippen molar-refractivity contribution in [2.24, 2.45) is 0 Å². The summed E-state index contributed by atoms with van der Waals surface area (Å²) < 4.78 is 0. The molecule has 2 unspecified atom stereocenters. The molecule has 3 heteroatoms. The minimum Gasteiger partial charge on any atom is -0.368 e. The maximum absolute atomic E-state index is 11.7. The van der Waals surface area contributed by atoms with E-state index in [4.69, 9.17) is 4.84 Å². The summed E-state index contributed by atoms with van der Waals surface area (Å²) in [6.07, 6.45) is 32.4. The van der Waals surface area contributed by atoms with E-state index >= 15 is 0 Å². The van der Waals surface area contributed by atoms with Crippen molar-refractivity contribution in [3.8, 4) is 0 Å². The fraction of sp³-hybridized carbons (Fsp3) is 0.969. The number of hydrogen-bond donors (Lipinski definition) is 0. The lowest BCUT2D eigenvalue weighted by atomic mass is 10.0. The van der Waals surface area contributed by atoms with Crippen LogP contribution in [0.3, 0.4) is 0 Å². The highest BCUT2D eigenvalue weighted by molar-refractivity contribution is 5.65. The lowest BCUT2D eigenvalue weighted by Gasteiger charge is -2.32. The summed E-state index contributed by atoms with van der Waals surface area (Å²) in [5.74, 6) is -0.179. The lowest BCUT2D eigenvalue weighted by Crippen LogP contribution is -2.41. The lowest BCUT2D eigenvalue weighted by molar-refractivity contribution is -0.211. The van der Waals surface area contributed by atoms with Gasteiger partial charge in [-0.3, -0.25) is 4.79 Å². The monoisotopic (exact) mass is 496 g/mol. The Labute approximate surface area is 221 Å². The summed E-state index contributed by atoms with van der Waals surface area (Å²) in [7, 11) is 0. The van der Waals surface area contributed by atoms with Crippen molar-refractivity contribution in [1.29, 1.82) is 0 Å². The van der Waals surface area contributed by atoms with Crippen molar-refractivity contribution in [3.63, 3.8) is 0 Å². The normalized spacial score (nSPS) is 13.3. The van der Waals surface area contributed by atoms with Crippen LogP contribution in [0.1, 0.15) is 189 Å². The summed E-state index contributed by atoms with van der Waals surface area (Å²) in [4.78, 5) is 17.4. The van der Waals surface area contributed by atoms with Crippen molar-refractivity contribution in [2.75, 3.05) is 0 Å². The molecule has 35 heavy (non-hydrogen) atoms. The number of carbonyl (C=O) groups is 1. The van der Waals surface area contributed by atoms with E-state index in [0.29, 0.717) is 12.1 Å². The van der Waals surface area contributed by atoms with Crippen LogP contribution in [-0.2, 0) is 9.63 Å². The molecule has 0 saturated carbocycles.